The maximum atomic E-state index is 13.3. The van der Waals surface area contributed by atoms with Crippen LogP contribution in [0.15, 0.2) is 67.2 Å². The molecule has 0 bridgehead atoms. The Bertz CT molecular complexity index is 1140. The van der Waals surface area contributed by atoms with E-state index in [4.69, 9.17) is 10.5 Å². The molecule has 0 aliphatic carbocycles. The second-order valence-corrected chi connectivity index (χ2v) is 8.40. The Balaban J connectivity index is 1.35. The van der Waals surface area contributed by atoms with Gasteiger partial charge in [-0.25, -0.2) is 0 Å². The quantitative estimate of drug-likeness (QED) is 0.671. The fourth-order valence-corrected chi connectivity index (χ4v) is 4.88. The number of likely N-dealkylation sites (tertiary alicyclic amines) is 1. The predicted octanol–water partition coefficient (Wildman–Crippen LogP) is 4.26. The van der Waals surface area contributed by atoms with Crippen LogP contribution in [0.3, 0.4) is 0 Å². The lowest BCUT2D eigenvalue weighted by atomic mass is 9.74. The lowest BCUT2D eigenvalue weighted by Gasteiger charge is -2.39. The molecule has 4 nitrogen and oxygen atoms in total. The van der Waals surface area contributed by atoms with E-state index in [9.17, 15) is 4.79 Å². The van der Waals surface area contributed by atoms with Gasteiger partial charge in [0, 0.05) is 36.2 Å². The van der Waals surface area contributed by atoms with Crippen LogP contribution in [-0.4, -0.2) is 30.5 Å². The topological polar surface area (TPSA) is 55.6 Å². The van der Waals surface area contributed by atoms with Gasteiger partial charge in [-0.05, 0) is 40.8 Å². The van der Waals surface area contributed by atoms with Crippen molar-refractivity contribution in [3.63, 3.8) is 0 Å². The SMILES string of the molecule is C=C(C(=O)N1CCC2(CC1)COc1ccc(CN)cc12)c1cccc2ccccc12. The molecule has 0 aromatic heterocycles. The maximum Gasteiger partial charge on any atom is 0.253 e. The lowest BCUT2D eigenvalue weighted by molar-refractivity contribution is -0.126. The number of amides is 1. The van der Waals surface area contributed by atoms with Crippen molar-refractivity contribution in [3.8, 4) is 5.75 Å². The Morgan fingerprint density at radius 1 is 1.07 bits per heavy atom. The third-order valence-corrected chi connectivity index (χ3v) is 6.74. The summed E-state index contributed by atoms with van der Waals surface area (Å²) in [5.74, 6) is 0.989. The largest absolute Gasteiger partial charge is 0.492 e. The molecule has 1 fully saturated rings. The van der Waals surface area contributed by atoms with E-state index < -0.39 is 0 Å². The smallest absolute Gasteiger partial charge is 0.253 e. The molecule has 2 heterocycles. The van der Waals surface area contributed by atoms with Gasteiger partial charge >= 0.3 is 0 Å². The van der Waals surface area contributed by atoms with E-state index in [2.05, 4.69) is 30.8 Å². The second kappa shape index (κ2) is 7.29. The number of ether oxygens (including phenoxy) is 1. The van der Waals surface area contributed by atoms with Crippen LogP contribution in [0.25, 0.3) is 16.3 Å². The molecule has 3 aromatic carbocycles. The van der Waals surface area contributed by atoms with Gasteiger partial charge in [-0.2, -0.15) is 0 Å². The van der Waals surface area contributed by atoms with E-state index in [1.807, 2.05) is 41.3 Å². The van der Waals surface area contributed by atoms with Crippen molar-refractivity contribution in [2.75, 3.05) is 19.7 Å². The van der Waals surface area contributed by atoms with Crippen molar-refractivity contribution in [3.05, 3.63) is 83.9 Å². The van der Waals surface area contributed by atoms with E-state index >= 15 is 0 Å². The standard InChI is InChI=1S/C26H26N2O2/c1-18(21-8-4-6-20-5-2-3-7-22(20)21)25(29)28-13-11-26(12-14-28)17-30-24-10-9-19(16-27)15-23(24)26/h2-10,15H,1,11-14,16-17,27H2. The zero-order valence-corrected chi connectivity index (χ0v) is 17.1. The van der Waals surface area contributed by atoms with Crippen LogP contribution in [0.5, 0.6) is 5.75 Å². The minimum Gasteiger partial charge on any atom is -0.492 e. The van der Waals surface area contributed by atoms with Crippen LogP contribution >= 0.6 is 0 Å². The molecule has 2 aliphatic heterocycles. The average molecular weight is 399 g/mol. The molecule has 0 unspecified atom stereocenters. The zero-order chi connectivity index (χ0) is 20.7. The number of hydrogen-bond donors (Lipinski definition) is 1. The molecule has 1 amide bonds. The first kappa shape index (κ1) is 18.9. The minimum atomic E-state index is -0.0158. The van der Waals surface area contributed by atoms with Crippen molar-refractivity contribution >= 4 is 22.3 Å². The third kappa shape index (κ3) is 2.99. The second-order valence-electron chi connectivity index (χ2n) is 8.40. The van der Waals surface area contributed by atoms with Crippen LogP contribution in [0.1, 0.15) is 29.5 Å². The van der Waals surface area contributed by atoms with E-state index in [1.54, 1.807) is 0 Å². The van der Waals surface area contributed by atoms with E-state index in [0.29, 0.717) is 31.8 Å². The van der Waals surface area contributed by atoms with E-state index in [1.165, 1.54) is 5.56 Å². The number of carbonyl (C=O) groups excluding carboxylic acids is 1. The van der Waals surface area contributed by atoms with Gasteiger partial charge in [0.15, 0.2) is 0 Å². The molecule has 152 valence electrons. The number of carbonyl (C=O) groups is 1. The molecule has 4 heteroatoms. The Morgan fingerprint density at radius 2 is 1.83 bits per heavy atom. The zero-order valence-electron chi connectivity index (χ0n) is 17.1. The summed E-state index contributed by atoms with van der Waals surface area (Å²) in [6.45, 7) is 6.79. The maximum absolute atomic E-state index is 13.3. The van der Waals surface area contributed by atoms with Gasteiger partial charge in [-0.3, -0.25) is 4.79 Å². The molecule has 2 N–H and O–H groups in total. The van der Waals surface area contributed by atoms with Crippen molar-refractivity contribution in [1.29, 1.82) is 0 Å². The minimum absolute atomic E-state index is 0.0158. The summed E-state index contributed by atoms with van der Waals surface area (Å²) in [5, 5.41) is 2.19. The first-order chi connectivity index (χ1) is 14.6. The summed E-state index contributed by atoms with van der Waals surface area (Å²) in [5.41, 5.74) is 9.70. The van der Waals surface area contributed by atoms with E-state index in [-0.39, 0.29) is 11.3 Å². The first-order valence-electron chi connectivity index (χ1n) is 10.5. The number of fused-ring (bicyclic) bond motifs is 3. The summed E-state index contributed by atoms with van der Waals surface area (Å²) in [4.78, 5) is 15.2. The number of rotatable bonds is 3. The highest BCUT2D eigenvalue weighted by molar-refractivity contribution is 6.22. The summed E-state index contributed by atoms with van der Waals surface area (Å²) in [6.07, 6.45) is 1.78. The molecule has 0 radical (unpaired) electrons. The molecule has 1 saturated heterocycles. The Hall–Kier alpha value is -3.11. The predicted molar refractivity (Wildman–Crippen MR) is 120 cm³/mol. The molecule has 0 atom stereocenters. The number of benzene rings is 3. The van der Waals surface area contributed by atoms with Crippen molar-refractivity contribution in [2.45, 2.75) is 24.8 Å². The summed E-state index contributed by atoms with van der Waals surface area (Å²) in [7, 11) is 0. The van der Waals surface area contributed by atoms with Gasteiger partial charge in [0.25, 0.3) is 5.91 Å². The number of nitrogens with zero attached hydrogens (tertiary/aromatic N) is 1. The number of hydrogen-bond acceptors (Lipinski definition) is 3. The first-order valence-corrected chi connectivity index (χ1v) is 10.5. The summed E-state index contributed by atoms with van der Waals surface area (Å²) >= 11 is 0. The highest BCUT2D eigenvalue weighted by Gasteiger charge is 2.44. The van der Waals surface area contributed by atoms with Gasteiger partial charge in [0.1, 0.15) is 5.75 Å². The van der Waals surface area contributed by atoms with Crippen LogP contribution in [0.2, 0.25) is 0 Å². The number of nitrogens with two attached hydrogens (primary N) is 1. The fraction of sp³-hybridized carbons (Fsp3) is 0.269. The van der Waals surface area contributed by atoms with Gasteiger partial charge in [-0.1, -0.05) is 61.2 Å². The summed E-state index contributed by atoms with van der Waals surface area (Å²) in [6, 6.07) is 20.4. The van der Waals surface area contributed by atoms with Crippen molar-refractivity contribution in [2.24, 2.45) is 5.73 Å². The van der Waals surface area contributed by atoms with Gasteiger partial charge in [0.05, 0.1) is 6.61 Å². The molecule has 3 aromatic rings. The molecular formula is C26H26N2O2. The molecule has 1 spiro atoms. The molecular weight excluding hydrogens is 372 g/mol. The van der Waals surface area contributed by atoms with Gasteiger partial charge in [-0.15, -0.1) is 0 Å². The van der Waals surface area contributed by atoms with Crippen molar-refractivity contribution in [1.82, 2.24) is 4.90 Å². The van der Waals surface area contributed by atoms with Crippen LogP contribution < -0.4 is 10.5 Å². The Labute approximate surface area is 176 Å². The third-order valence-electron chi connectivity index (χ3n) is 6.74. The normalized spacial score (nSPS) is 17.0. The highest BCUT2D eigenvalue weighted by atomic mass is 16.5. The Kier molecular flexibility index (Phi) is 4.59. The molecule has 2 aliphatic rings. The van der Waals surface area contributed by atoms with Crippen LogP contribution in [-0.2, 0) is 16.8 Å². The van der Waals surface area contributed by atoms with Gasteiger partial charge in [0.2, 0.25) is 0 Å². The number of piperidine rings is 1. The summed E-state index contributed by atoms with van der Waals surface area (Å²) < 4.78 is 5.99. The molecule has 0 saturated carbocycles. The lowest BCUT2D eigenvalue weighted by Crippen LogP contribution is -2.46. The highest BCUT2D eigenvalue weighted by Crippen LogP contribution is 2.46. The molecule has 30 heavy (non-hydrogen) atoms. The fourth-order valence-electron chi connectivity index (χ4n) is 4.88. The van der Waals surface area contributed by atoms with Crippen LogP contribution in [0, 0.1) is 0 Å². The van der Waals surface area contributed by atoms with E-state index in [0.717, 1.165) is 40.5 Å². The van der Waals surface area contributed by atoms with Gasteiger partial charge < -0.3 is 15.4 Å². The average Bonchev–Trinajstić information content (AvgIpc) is 3.15. The van der Waals surface area contributed by atoms with Crippen LogP contribution in [0.4, 0.5) is 0 Å². The van der Waals surface area contributed by atoms with Crippen molar-refractivity contribution < 1.29 is 9.53 Å². The molecule has 5 rings (SSSR count). The monoisotopic (exact) mass is 398 g/mol. The Morgan fingerprint density at radius 3 is 2.63 bits per heavy atom.